The van der Waals surface area contributed by atoms with Gasteiger partial charge in [-0.25, -0.2) is 9.50 Å². The lowest BCUT2D eigenvalue weighted by atomic mass is 9.93. The first-order valence-corrected chi connectivity index (χ1v) is 9.53. The van der Waals surface area contributed by atoms with Crippen LogP contribution >= 0.6 is 0 Å². The first-order chi connectivity index (χ1) is 13.0. The zero-order valence-electron chi connectivity index (χ0n) is 16.2. The van der Waals surface area contributed by atoms with Crippen LogP contribution in [0, 0.1) is 5.92 Å². The highest BCUT2D eigenvalue weighted by Crippen LogP contribution is 2.22. The van der Waals surface area contributed by atoms with Crippen LogP contribution < -0.4 is 4.74 Å². The van der Waals surface area contributed by atoms with Gasteiger partial charge in [0.25, 0.3) is 0 Å². The molecule has 1 unspecified atom stereocenters. The first kappa shape index (κ1) is 17.9. The van der Waals surface area contributed by atoms with Crippen molar-refractivity contribution in [1.82, 2.24) is 34.5 Å². The van der Waals surface area contributed by atoms with Gasteiger partial charge in [0, 0.05) is 30.5 Å². The van der Waals surface area contributed by atoms with Crippen molar-refractivity contribution >= 4 is 5.65 Å². The van der Waals surface area contributed by atoms with Crippen LogP contribution in [0.4, 0.5) is 0 Å². The fourth-order valence-corrected chi connectivity index (χ4v) is 3.35. The van der Waals surface area contributed by atoms with E-state index in [1.165, 1.54) is 0 Å². The Morgan fingerprint density at radius 1 is 1.15 bits per heavy atom. The number of fused-ring (bicyclic) bond motifs is 1. The molecule has 1 fully saturated rings. The minimum atomic E-state index is 0.00766. The average molecular weight is 369 g/mol. The Bertz CT molecular complexity index is 881. The molecule has 1 aliphatic rings. The molecule has 8 heteroatoms. The van der Waals surface area contributed by atoms with E-state index in [4.69, 9.17) is 4.74 Å². The van der Waals surface area contributed by atoms with Gasteiger partial charge in [-0.1, -0.05) is 20.8 Å². The number of imidazole rings is 1. The Balaban J connectivity index is 1.29. The van der Waals surface area contributed by atoms with Crippen LogP contribution in [0.25, 0.3) is 5.65 Å². The topological polar surface area (TPSA) is 73.4 Å². The molecule has 1 aliphatic heterocycles. The Labute approximate surface area is 159 Å². The summed E-state index contributed by atoms with van der Waals surface area (Å²) in [6.07, 6.45) is 6.57. The van der Waals surface area contributed by atoms with E-state index in [9.17, 15) is 0 Å². The molecule has 4 rings (SSSR count). The average Bonchev–Trinajstić information content (AvgIpc) is 3.36. The second-order valence-corrected chi connectivity index (χ2v) is 8.24. The molecule has 0 aromatic carbocycles. The molecule has 0 spiro atoms. The summed E-state index contributed by atoms with van der Waals surface area (Å²) in [7, 11) is 0. The molecule has 0 N–H and O–H groups in total. The molecular weight excluding hydrogens is 342 g/mol. The summed E-state index contributed by atoms with van der Waals surface area (Å²) in [5, 5.41) is 12.9. The molecule has 27 heavy (non-hydrogen) atoms. The molecule has 144 valence electrons. The van der Waals surface area contributed by atoms with Crippen LogP contribution in [0.2, 0.25) is 0 Å². The van der Waals surface area contributed by atoms with Crippen molar-refractivity contribution in [2.24, 2.45) is 5.92 Å². The number of hydrogen-bond donors (Lipinski definition) is 0. The van der Waals surface area contributed by atoms with Gasteiger partial charge < -0.3 is 9.64 Å². The van der Waals surface area contributed by atoms with Crippen LogP contribution in [0.5, 0.6) is 5.88 Å². The van der Waals surface area contributed by atoms with Crippen LogP contribution in [-0.2, 0) is 12.0 Å². The fourth-order valence-electron chi connectivity index (χ4n) is 3.35. The van der Waals surface area contributed by atoms with Crippen LogP contribution in [-0.4, -0.2) is 60.7 Å². The Morgan fingerprint density at radius 3 is 2.74 bits per heavy atom. The van der Waals surface area contributed by atoms with E-state index in [0.29, 0.717) is 18.4 Å². The maximum Gasteiger partial charge on any atom is 0.231 e. The van der Waals surface area contributed by atoms with E-state index in [1.54, 1.807) is 17.2 Å². The van der Waals surface area contributed by atoms with Gasteiger partial charge in [0.1, 0.15) is 0 Å². The van der Waals surface area contributed by atoms with Gasteiger partial charge in [-0.2, -0.15) is 15.0 Å². The summed E-state index contributed by atoms with van der Waals surface area (Å²) in [6.45, 7) is 11.1. The van der Waals surface area contributed by atoms with Crippen molar-refractivity contribution in [2.45, 2.75) is 39.2 Å². The van der Waals surface area contributed by atoms with Crippen molar-refractivity contribution in [1.29, 1.82) is 0 Å². The minimum absolute atomic E-state index is 0.00766. The highest BCUT2D eigenvalue weighted by atomic mass is 16.5. The summed E-state index contributed by atoms with van der Waals surface area (Å²) in [4.78, 5) is 8.82. The van der Waals surface area contributed by atoms with Crippen LogP contribution in [0.3, 0.4) is 0 Å². The standard InChI is InChI=1S/C19H27N7O/c1-19(2,3)16-13-25-17(22-16)4-5-18(23-25)27-14-15-6-9-24(12-15)10-11-26-20-7-8-21-26/h4-5,7-8,13,15H,6,9-12,14H2,1-3H3. The van der Waals surface area contributed by atoms with Gasteiger partial charge in [0.05, 0.1) is 37.4 Å². The molecule has 1 saturated heterocycles. The van der Waals surface area contributed by atoms with Gasteiger partial charge in [0.2, 0.25) is 5.88 Å². The molecule has 4 heterocycles. The molecule has 0 amide bonds. The predicted octanol–water partition coefficient (Wildman–Crippen LogP) is 2.02. The zero-order chi connectivity index (χ0) is 18.9. The summed E-state index contributed by atoms with van der Waals surface area (Å²) in [5.41, 5.74) is 1.89. The molecule has 0 radical (unpaired) electrons. The molecule has 3 aromatic heterocycles. The Morgan fingerprint density at radius 2 is 1.96 bits per heavy atom. The third kappa shape index (κ3) is 4.27. The van der Waals surface area contributed by atoms with Crippen molar-refractivity contribution in [3.63, 3.8) is 0 Å². The smallest absolute Gasteiger partial charge is 0.231 e. The second kappa shape index (κ2) is 7.26. The lowest BCUT2D eigenvalue weighted by Gasteiger charge is -2.15. The molecule has 0 aliphatic carbocycles. The van der Waals surface area contributed by atoms with Crippen molar-refractivity contribution < 1.29 is 4.74 Å². The number of rotatable bonds is 6. The summed E-state index contributed by atoms with van der Waals surface area (Å²) < 4.78 is 7.79. The largest absolute Gasteiger partial charge is 0.476 e. The number of likely N-dealkylation sites (tertiary alicyclic amines) is 1. The third-order valence-corrected chi connectivity index (χ3v) is 4.98. The molecule has 1 atom stereocenters. The first-order valence-electron chi connectivity index (χ1n) is 9.53. The summed E-state index contributed by atoms with van der Waals surface area (Å²) >= 11 is 0. The van der Waals surface area contributed by atoms with Crippen molar-refractivity contribution in [3.05, 3.63) is 36.4 Å². The minimum Gasteiger partial charge on any atom is -0.476 e. The van der Waals surface area contributed by atoms with Crippen LogP contribution in [0.1, 0.15) is 32.9 Å². The molecule has 0 bridgehead atoms. The van der Waals surface area contributed by atoms with Crippen molar-refractivity contribution in [3.8, 4) is 5.88 Å². The van der Waals surface area contributed by atoms with Gasteiger partial charge in [-0.15, -0.1) is 5.10 Å². The normalized spacial score (nSPS) is 18.4. The number of ether oxygens (including phenoxy) is 1. The van der Waals surface area contributed by atoms with Gasteiger partial charge >= 0.3 is 0 Å². The van der Waals surface area contributed by atoms with E-state index < -0.39 is 0 Å². The molecule has 3 aromatic rings. The Hall–Kier alpha value is -2.48. The van der Waals surface area contributed by atoms with E-state index >= 15 is 0 Å². The predicted molar refractivity (Wildman–Crippen MR) is 102 cm³/mol. The van der Waals surface area contributed by atoms with Gasteiger partial charge in [0.15, 0.2) is 5.65 Å². The van der Waals surface area contributed by atoms with E-state index in [2.05, 4.69) is 46.0 Å². The molecule has 0 saturated carbocycles. The van der Waals surface area contributed by atoms with Crippen molar-refractivity contribution in [2.75, 3.05) is 26.2 Å². The highest BCUT2D eigenvalue weighted by Gasteiger charge is 2.23. The summed E-state index contributed by atoms with van der Waals surface area (Å²) in [6, 6.07) is 3.88. The van der Waals surface area contributed by atoms with Crippen LogP contribution in [0.15, 0.2) is 30.7 Å². The maximum atomic E-state index is 5.98. The quantitative estimate of drug-likeness (QED) is 0.662. The highest BCUT2D eigenvalue weighted by molar-refractivity contribution is 5.40. The SMILES string of the molecule is CC(C)(C)c1cn2nc(OCC3CCN(CCn4nccn4)C3)ccc2n1. The molecule has 8 nitrogen and oxygen atoms in total. The second-order valence-electron chi connectivity index (χ2n) is 8.24. The molecular formula is C19H27N7O. The van der Waals surface area contributed by atoms with Gasteiger partial charge in [-0.05, 0) is 19.0 Å². The number of nitrogens with zero attached hydrogens (tertiary/aromatic N) is 7. The number of hydrogen-bond acceptors (Lipinski definition) is 6. The van der Waals surface area contributed by atoms with Gasteiger partial charge in [-0.3, -0.25) is 0 Å². The zero-order valence-corrected chi connectivity index (χ0v) is 16.2. The van der Waals surface area contributed by atoms with E-state index in [1.807, 2.05) is 22.8 Å². The maximum absolute atomic E-state index is 5.98. The number of aromatic nitrogens is 6. The third-order valence-electron chi connectivity index (χ3n) is 4.98. The van der Waals surface area contributed by atoms with E-state index in [-0.39, 0.29) is 5.41 Å². The fraction of sp³-hybridized carbons (Fsp3) is 0.579. The Kier molecular flexibility index (Phi) is 4.82. The lowest BCUT2D eigenvalue weighted by molar-refractivity contribution is 0.227. The summed E-state index contributed by atoms with van der Waals surface area (Å²) in [5.74, 6) is 1.18. The van der Waals surface area contributed by atoms with E-state index in [0.717, 1.165) is 43.9 Å². The lowest BCUT2D eigenvalue weighted by Crippen LogP contribution is -2.27. The monoisotopic (exact) mass is 369 g/mol.